The molecule has 20 heavy (non-hydrogen) atoms. The van der Waals surface area contributed by atoms with E-state index in [1.54, 1.807) is 0 Å². The molecule has 0 aromatic heterocycles. The molecule has 7 heteroatoms. The number of halogens is 1. The molecule has 2 N–H and O–H groups in total. The maximum Gasteiger partial charge on any atom is 0.241 e. The quantitative estimate of drug-likeness (QED) is 0.811. The molecular formula is C13H19FN2O3S. The van der Waals surface area contributed by atoms with Gasteiger partial charge in [-0.15, -0.1) is 0 Å². The van der Waals surface area contributed by atoms with Crippen molar-refractivity contribution in [2.75, 3.05) is 26.2 Å². The number of nitrogens with zero attached hydrogens (tertiary/aromatic N) is 1. The monoisotopic (exact) mass is 302 g/mol. The van der Waals surface area contributed by atoms with Crippen LogP contribution in [-0.4, -0.2) is 44.6 Å². The number of nitrogens with one attached hydrogen (secondary N) is 1. The van der Waals surface area contributed by atoms with Crippen molar-refractivity contribution in [2.24, 2.45) is 0 Å². The average molecular weight is 302 g/mol. The van der Waals surface area contributed by atoms with Gasteiger partial charge in [-0.2, -0.15) is 0 Å². The van der Waals surface area contributed by atoms with Gasteiger partial charge in [-0.25, -0.2) is 17.5 Å². The Labute approximate surface area is 118 Å². The highest BCUT2D eigenvalue weighted by Gasteiger charge is 2.19. The van der Waals surface area contributed by atoms with Crippen molar-refractivity contribution in [1.82, 2.24) is 9.62 Å². The molecule has 5 nitrogen and oxygen atoms in total. The number of hydrogen-bond donors (Lipinski definition) is 2. The minimum Gasteiger partial charge on any atom is -0.392 e. The van der Waals surface area contributed by atoms with Crippen LogP contribution in [0.2, 0.25) is 0 Å². The summed E-state index contributed by atoms with van der Waals surface area (Å²) >= 11 is 0. The molecule has 1 heterocycles. The standard InChI is InChI=1S/C13H19FN2O3S/c14-12-4-3-11(10-17)13(9-12)20(18,19)15-5-8-16-6-1-2-7-16/h3-4,9,15,17H,1-2,5-8,10H2. The van der Waals surface area contributed by atoms with Crippen LogP contribution in [0.4, 0.5) is 4.39 Å². The summed E-state index contributed by atoms with van der Waals surface area (Å²) in [5.74, 6) is -0.637. The SMILES string of the molecule is O=S(=O)(NCCN1CCCC1)c1cc(F)ccc1CO. The Kier molecular flexibility index (Phi) is 5.09. The fraction of sp³-hybridized carbons (Fsp3) is 0.538. The average Bonchev–Trinajstić information content (AvgIpc) is 2.91. The number of aliphatic hydroxyl groups excluding tert-OH is 1. The molecular weight excluding hydrogens is 283 g/mol. The summed E-state index contributed by atoms with van der Waals surface area (Å²) in [5, 5.41) is 9.15. The van der Waals surface area contributed by atoms with E-state index in [0.717, 1.165) is 38.1 Å². The van der Waals surface area contributed by atoms with E-state index in [4.69, 9.17) is 5.11 Å². The van der Waals surface area contributed by atoms with Crippen LogP contribution in [0.1, 0.15) is 18.4 Å². The first-order chi connectivity index (χ1) is 9.53. The highest BCUT2D eigenvalue weighted by Crippen LogP contribution is 2.17. The number of benzene rings is 1. The van der Waals surface area contributed by atoms with Crippen LogP contribution >= 0.6 is 0 Å². The summed E-state index contributed by atoms with van der Waals surface area (Å²) in [5.41, 5.74) is 0.195. The van der Waals surface area contributed by atoms with Crippen molar-refractivity contribution in [3.8, 4) is 0 Å². The Hall–Kier alpha value is -1.02. The lowest BCUT2D eigenvalue weighted by Crippen LogP contribution is -2.33. The second-order valence-electron chi connectivity index (χ2n) is 4.86. The number of sulfonamides is 1. The van der Waals surface area contributed by atoms with Gasteiger partial charge in [-0.1, -0.05) is 6.07 Å². The molecule has 0 spiro atoms. The molecule has 2 rings (SSSR count). The van der Waals surface area contributed by atoms with Crippen molar-refractivity contribution in [2.45, 2.75) is 24.3 Å². The first-order valence-electron chi connectivity index (χ1n) is 6.64. The maximum atomic E-state index is 13.2. The number of rotatable bonds is 6. The van der Waals surface area contributed by atoms with E-state index < -0.39 is 22.4 Å². The van der Waals surface area contributed by atoms with Crippen LogP contribution in [0.25, 0.3) is 0 Å². The van der Waals surface area contributed by atoms with Crippen LogP contribution in [0.3, 0.4) is 0 Å². The van der Waals surface area contributed by atoms with Crippen LogP contribution < -0.4 is 4.72 Å². The van der Waals surface area contributed by atoms with Crippen molar-refractivity contribution >= 4 is 10.0 Å². The lowest BCUT2D eigenvalue weighted by atomic mass is 10.2. The maximum absolute atomic E-state index is 13.2. The Morgan fingerprint density at radius 1 is 1.30 bits per heavy atom. The van der Waals surface area contributed by atoms with Crippen LogP contribution in [-0.2, 0) is 16.6 Å². The molecule has 1 aliphatic rings. The molecule has 1 aromatic rings. The van der Waals surface area contributed by atoms with Gasteiger partial charge in [0.05, 0.1) is 11.5 Å². The van der Waals surface area contributed by atoms with Gasteiger partial charge in [0.25, 0.3) is 0 Å². The first kappa shape index (κ1) is 15.4. The van der Waals surface area contributed by atoms with Gasteiger partial charge in [0.2, 0.25) is 10.0 Å². The van der Waals surface area contributed by atoms with Gasteiger partial charge < -0.3 is 10.0 Å². The summed E-state index contributed by atoms with van der Waals surface area (Å²) < 4.78 is 39.9. The topological polar surface area (TPSA) is 69.6 Å². The molecule has 0 unspecified atom stereocenters. The molecule has 112 valence electrons. The zero-order valence-corrected chi connectivity index (χ0v) is 12.0. The minimum absolute atomic E-state index is 0.193. The van der Waals surface area contributed by atoms with Gasteiger partial charge in [0.15, 0.2) is 0 Å². The summed E-state index contributed by atoms with van der Waals surface area (Å²) in [6, 6.07) is 3.35. The van der Waals surface area contributed by atoms with E-state index in [-0.39, 0.29) is 17.0 Å². The molecule has 0 atom stereocenters. The molecule has 1 saturated heterocycles. The Balaban J connectivity index is 2.03. The molecule has 1 aliphatic heterocycles. The number of hydrogen-bond acceptors (Lipinski definition) is 4. The van der Waals surface area contributed by atoms with Gasteiger partial charge >= 0.3 is 0 Å². The first-order valence-corrected chi connectivity index (χ1v) is 8.12. The van der Waals surface area contributed by atoms with Gasteiger partial charge in [0.1, 0.15) is 5.82 Å². The van der Waals surface area contributed by atoms with E-state index in [1.807, 2.05) is 0 Å². The van der Waals surface area contributed by atoms with Crippen molar-refractivity contribution in [1.29, 1.82) is 0 Å². The predicted octanol–water partition coefficient (Wildman–Crippen LogP) is 0.692. The predicted molar refractivity (Wildman–Crippen MR) is 73.2 cm³/mol. The summed E-state index contributed by atoms with van der Waals surface area (Å²) in [4.78, 5) is 1.99. The molecule has 1 aromatic carbocycles. The highest BCUT2D eigenvalue weighted by atomic mass is 32.2. The largest absolute Gasteiger partial charge is 0.392 e. The minimum atomic E-state index is -3.79. The number of aliphatic hydroxyl groups is 1. The highest BCUT2D eigenvalue weighted by molar-refractivity contribution is 7.89. The summed E-state index contributed by atoms with van der Waals surface area (Å²) in [6.45, 7) is 2.46. The number of likely N-dealkylation sites (tertiary alicyclic amines) is 1. The van der Waals surface area contributed by atoms with Crippen LogP contribution in [0.15, 0.2) is 23.1 Å². The molecule has 0 bridgehead atoms. The Morgan fingerprint density at radius 3 is 2.65 bits per heavy atom. The fourth-order valence-corrected chi connectivity index (χ4v) is 3.59. The zero-order chi connectivity index (χ0) is 14.6. The third-order valence-corrected chi connectivity index (χ3v) is 4.95. The van der Waals surface area contributed by atoms with Gasteiger partial charge in [0, 0.05) is 13.1 Å². The van der Waals surface area contributed by atoms with E-state index in [9.17, 15) is 12.8 Å². The fourth-order valence-electron chi connectivity index (χ4n) is 2.33. The van der Waals surface area contributed by atoms with Gasteiger partial charge in [-0.05, 0) is 43.6 Å². The molecule has 1 fully saturated rings. The smallest absolute Gasteiger partial charge is 0.241 e. The molecule has 0 saturated carbocycles. The lowest BCUT2D eigenvalue weighted by molar-refractivity contribution is 0.278. The molecule has 0 amide bonds. The van der Waals surface area contributed by atoms with Crippen LogP contribution in [0.5, 0.6) is 0 Å². The van der Waals surface area contributed by atoms with E-state index in [0.29, 0.717) is 6.54 Å². The normalized spacial score (nSPS) is 16.7. The Morgan fingerprint density at radius 2 is 2.00 bits per heavy atom. The zero-order valence-electron chi connectivity index (χ0n) is 11.2. The molecule has 0 aliphatic carbocycles. The Bertz CT molecular complexity index is 557. The van der Waals surface area contributed by atoms with E-state index in [1.165, 1.54) is 6.07 Å². The van der Waals surface area contributed by atoms with Crippen LogP contribution in [0, 0.1) is 5.82 Å². The van der Waals surface area contributed by atoms with Crippen molar-refractivity contribution in [3.05, 3.63) is 29.6 Å². The third kappa shape index (κ3) is 3.76. The van der Waals surface area contributed by atoms with E-state index >= 15 is 0 Å². The van der Waals surface area contributed by atoms with Gasteiger partial charge in [-0.3, -0.25) is 0 Å². The van der Waals surface area contributed by atoms with Crippen molar-refractivity contribution in [3.63, 3.8) is 0 Å². The second-order valence-corrected chi connectivity index (χ2v) is 6.59. The van der Waals surface area contributed by atoms with Crippen molar-refractivity contribution < 1.29 is 17.9 Å². The van der Waals surface area contributed by atoms with E-state index in [2.05, 4.69) is 9.62 Å². The summed E-state index contributed by atoms with van der Waals surface area (Å²) in [7, 11) is -3.79. The third-order valence-electron chi connectivity index (χ3n) is 3.41. The summed E-state index contributed by atoms with van der Waals surface area (Å²) in [6.07, 6.45) is 2.29. The lowest BCUT2D eigenvalue weighted by Gasteiger charge is -2.15. The molecule has 0 radical (unpaired) electrons. The second kappa shape index (κ2) is 6.62.